The minimum Gasteiger partial charge on any atom is -0.495 e. The second kappa shape index (κ2) is 5.92. The van der Waals surface area contributed by atoms with Crippen LogP contribution in [0.2, 0.25) is 0 Å². The van der Waals surface area contributed by atoms with Gasteiger partial charge < -0.3 is 19.7 Å². The van der Waals surface area contributed by atoms with Crippen LogP contribution in [0.15, 0.2) is 24.3 Å². The molecular formula is C20H28N2O2. The Morgan fingerprint density at radius 1 is 1.25 bits per heavy atom. The van der Waals surface area contributed by atoms with Crippen molar-refractivity contribution >= 4 is 5.69 Å². The van der Waals surface area contributed by atoms with Gasteiger partial charge in [-0.15, -0.1) is 0 Å². The summed E-state index contributed by atoms with van der Waals surface area (Å²) < 4.78 is 11.6. The van der Waals surface area contributed by atoms with E-state index in [0.29, 0.717) is 12.1 Å². The number of nitrogens with zero attached hydrogens (tertiary/aromatic N) is 1. The van der Waals surface area contributed by atoms with Crippen LogP contribution in [0.5, 0.6) is 5.75 Å². The lowest BCUT2D eigenvalue weighted by atomic mass is 9.87. The molecule has 0 aromatic heterocycles. The third-order valence-electron chi connectivity index (χ3n) is 6.93. The van der Waals surface area contributed by atoms with Crippen LogP contribution in [0.3, 0.4) is 0 Å². The van der Waals surface area contributed by atoms with E-state index in [0.717, 1.165) is 55.7 Å². The molecule has 2 saturated carbocycles. The highest BCUT2D eigenvalue weighted by Gasteiger charge is 2.56. The predicted molar refractivity (Wildman–Crippen MR) is 94.5 cm³/mol. The first-order valence-electron chi connectivity index (χ1n) is 9.56. The zero-order chi connectivity index (χ0) is 16.1. The number of hydrogen-bond donors (Lipinski definition) is 1. The van der Waals surface area contributed by atoms with Crippen molar-refractivity contribution in [1.29, 1.82) is 0 Å². The van der Waals surface area contributed by atoms with Gasteiger partial charge >= 0.3 is 0 Å². The van der Waals surface area contributed by atoms with Crippen LogP contribution in [0.4, 0.5) is 5.69 Å². The maximum Gasteiger partial charge on any atom is 0.142 e. The molecule has 1 N–H and O–H groups in total. The first-order chi connectivity index (χ1) is 11.8. The van der Waals surface area contributed by atoms with Crippen molar-refractivity contribution in [2.75, 3.05) is 38.3 Å². The zero-order valence-electron chi connectivity index (χ0n) is 14.5. The standard InChI is InChI=1S/C20H28N2O2/c1-23-18-5-3-2-4-17(18)22-7-6-13(11-22)10-21-19-14-8-15-12-24-20(19)16(15)9-14/h2-5,13-16,19-21H,6-12H2,1H3/t13?,14-,15-,16+,19?,20+/m1/s1. The molecule has 130 valence electrons. The summed E-state index contributed by atoms with van der Waals surface area (Å²) in [4.78, 5) is 2.48. The molecule has 5 rings (SSSR count). The van der Waals surface area contributed by atoms with Crippen LogP contribution in [-0.4, -0.2) is 45.5 Å². The quantitative estimate of drug-likeness (QED) is 0.901. The van der Waals surface area contributed by atoms with Crippen LogP contribution in [0.1, 0.15) is 19.3 Å². The SMILES string of the molecule is COc1ccccc1N1CCC(CNC2[C@@H]3C[C@@H]4CO[C@H]2[C@H]4C3)C1. The van der Waals surface area contributed by atoms with E-state index in [1.807, 2.05) is 6.07 Å². The molecule has 1 aromatic carbocycles. The average molecular weight is 328 g/mol. The van der Waals surface area contributed by atoms with E-state index >= 15 is 0 Å². The molecule has 4 heteroatoms. The van der Waals surface area contributed by atoms with E-state index < -0.39 is 0 Å². The highest BCUT2D eigenvalue weighted by Crippen LogP contribution is 2.53. The van der Waals surface area contributed by atoms with Crippen LogP contribution in [-0.2, 0) is 4.74 Å². The van der Waals surface area contributed by atoms with Crippen LogP contribution >= 0.6 is 0 Å². The Morgan fingerprint density at radius 2 is 2.17 bits per heavy atom. The van der Waals surface area contributed by atoms with E-state index in [4.69, 9.17) is 9.47 Å². The molecule has 4 nitrogen and oxygen atoms in total. The summed E-state index contributed by atoms with van der Waals surface area (Å²) in [6, 6.07) is 9.00. The largest absolute Gasteiger partial charge is 0.495 e. The van der Waals surface area contributed by atoms with E-state index in [1.54, 1.807) is 7.11 Å². The lowest BCUT2D eigenvalue weighted by molar-refractivity contribution is 0.0750. The minimum atomic E-state index is 0.514. The number of nitrogens with one attached hydrogen (secondary N) is 1. The molecule has 4 aliphatic rings. The first-order valence-corrected chi connectivity index (χ1v) is 9.56. The van der Waals surface area contributed by atoms with Crippen molar-refractivity contribution in [2.24, 2.45) is 23.7 Å². The van der Waals surface area contributed by atoms with E-state index in [1.165, 1.54) is 24.9 Å². The fourth-order valence-corrected chi connectivity index (χ4v) is 5.78. The molecule has 2 unspecified atom stereocenters. The lowest BCUT2D eigenvalue weighted by Gasteiger charge is -2.29. The summed E-state index contributed by atoms with van der Waals surface area (Å²) in [5.41, 5.74) is 1.24. The first kappa shape index (κ1) is 15.0. The van der Waals surface area contributed by atoms with Crippen molar-refractivity contribution < 1.29 is 9.47 Å². The molecule has 24 heavy (non-hydrogen) atoms. The van der Waals surface area contributed by atoms with Gasteiger partial charge in [0, 0.05) is 25.7 Å². The summed E-state index contributed by atoms with van der Waals surface area (Å²) in [6.45, 7) is 4.41. The molecule has 2 bridgehead atoms. The Bertz CT molecular complexity index is 605. The summed E-state index contributed by atoms with van der Waals surface area (Å²) in [5.74, 6) is 4.33. The second-order valence-electron chi connectivity index (χ2n) is 8.16. The third kappa shape index (κ3) is 2.34. The highest BCUT2D eigenvalue weighted by atomic mass is 16.5. The molecule has 2 heterocycles. The van der Waals surface area contributed by atoms with Gasteiger partial charge in [-0.1, -0.05) is 12.1 Å². The van der Waals surface area contributed by atoms with E-state index in [2.05, 4.69) is 28.4 Å². The van der Waals surface area contributed by atoms with Gasteiger partial charge in [0.15, 0.2) is 0 Å². The smallest absolute Gasteiger partial charge is 0.142 e. The average Bonchev–Trinajstić information content (AvgIpc) is 3.34. The maximum atomic E-state index is 6.09. The lowest BCUT2D eigenvalue weighted by Crippen LogP contribution is -2.45. The van der Waals surface area contributed by atoms with Crippen molar-refractivity contribution in [2.45, 2.75) is 31.4 Å². The Hall–Kier alpha value is -1.26. The predicted octanol–water partition coefficient (Wildman–Crippen LogP) is 2.53. The van der Waals surface area contributed by atoms with Gasteiger partial charge in [-0.25, -0.2) is 0 Å². The van der Waals surface area contributed by atoms with Gasteiger partial charge in [-0.05, 0) is 55.1 Å². The third-order valence-corrected chi connectivity index (χ3v) is 6.93. The topological polar surface area (TPSA) is 33.7 Å². The van der Waals surface area contributed by atoms with Crippen molar-refractivity contribution in [3.63, 3.8) is 0 Å². The molecule has 0 amide bonds. The number of anilines is 1. The van der Waals surface area contributed by atoms with Crippen LogP contribution in [0.25, 0.3) is 0 Å². The van der Waals surface area contributed by atoms with E-state index in [-0.39, 0.29) is 0 Å². The molecular weight excluding hydrogens is 300 g/mol. The summed E-state index contributed by atoms with van der Waals surface area (Å²) in [5, 5.41) is 3.90. The number of fused-ring (bicyclic) bond motifs is 1. The Labute approximate surface area is 144 Å². The summed E-state index contributed by atoms with van der Waals surface area (Å²) >= 11 is 0. The van der Waals surface area contributed by atoms with Crippen molar-refractivity contribution in [3.8, 4) is 5.75 Å². The zero-order valence-corrected chi connectivity index (χ0v) is 14.5. The minimum absolute atomic E-state index is 0.514. The van der Waals surface area contributed by atoms with Gasteiger partial charge in [0.2, 0.25) is 0 Å². The molecule has 2 aliphatic carbocycles. The normalized spacial score (nSPS) is 39.8. The van der Waals surface area contributed by atoms with Gasteiger partial charge in [0.25, 0.3) is 0 Å². The van der Waals surface area contributed by atoms with Gasteiger partial charge in [-0.2, -0.15) is 0 Å². The number of hydrogen-bond acceptors (Lipinski definition) is 4. The molecule has 6 atom stereocenters. The molecule has 0 spiro atoms. The van der Waals surface area contributed by atoms with Gasteiger partial charge in [-0.3, -0.25) is 0 Å². The fraction of sp³-hybridized carbons (Fsp3) is 0.700. The molecule has 2 aliphatic heterocycles. The Kier molecular flexibility index (Phi) is 3.71. The number of benzene rings is 1. The van der Waals surface area contributed by atoms with Gasteiger partial charge in [0.05, 0.1) is 25.5 Å². The Balaban J connectivity index is 1.19. The molecule has 4 fully saturated rings. The van der Waals surface area contributed by atoms with Crippen molar-refractivity contribution in [1.82, 2.24) is 5.32 Å². The number of ether oxygens (including phenoxy) is 2. The number of methoxy groups -OCH3 is 1. The summed E-state index contributed by atoms with van der Waals surface area (Å²) in [7, 11) is 1.76. The molecule has 0 radical (unpaired) electrons. The van der Waals surface area contributed by atoms with Crippen LogP contribution < -0.4 is 15.0 Å². The number of para-hydroxylation sites is 2. The molecule has 1 aromatic rings. The van der Waals surface area contributed by atoms with E-state index in [9.17, 15) is 0 Å². The van der Waals surface area contributed by atoms with Crippen molar-refractivity contribution in [3.05, 3.63) is 24.3 Å². The monoisotopic (exact) mass is 328 g/mol. The summed E-state index contributed by atoms with van der Waals surface area (Å²) in [6.07, 6.45) is 4.59. The fourth-order valence-electron chi connectivity index (χ4n) is 5.78. The molecule has 2 saturated heterocycles. The van der Waals surface area contributed by atoms with Gasteiger partial charge in [0.1, 0.15) is 5.75 Å². The maximum absolute atomic E-state index is 6.09. The second-order valence-corrected chi connectivity index (χ2v) is 8.16. The highest BCUT2D eigenvalue weighted by molar-refractivity contribution is 5.59. The number of rotatable bonds is 5. The Morgan fingerprint density at radius 3 is 3.08 bits per heavy atom. The van der Waals surface area contributed by atoms with Crippen LogP contribution in [0, 0.1) is 23.7 Å².